The highest BCUT2D eigenvalue weighted by Crippen LogP contribution is 2.18. The quantitative estimate of drug-likeness (QED) is 0.905. The lowest BCUT2D eigenvalue weighted by atomic mass is 10.2. The van der Waals surface area contributed by atoms with E-state index in [-0.39, 0.29) is 18.3 Å². The number of piperazine rings is 1. The van der Waals surface area contributed by atoms with Gasteiger partial charge in [0.25, 0.3) is 0 Å². The molecule has 0 spiro atoms. The lowest BCUT2D eigenvalue weighted by molar-refractivity contribution is -0.122. The van der Waals surface area contributed by atoms with E-state index in [9.17, 15) is 9.18 Å². The van der Waals surface area contributed by atoms with Crippen molar-refractivity contribution in [1.82, 2.24) is 15.2 Å². The summed E-state index contributed by atoms with van der Waals surface area (Å²) in [7, 11) is 0. The van der Waals surface area contributed by atoms with Crippen LogP contribution in [0.4, 0.5) is 9.52 Å². The first-order chi connectivity index (χ1) is 11.2. The Morgan fingerprint density at radius 1 is 1.26 bits per heavy atom. The molecule has 7 heteroatoms. The molecule has 1 amide bonds. The minimum Gasteiger partial charge on any atom is -0.351 e. The molecule has 2 heterocycles. The molecule has 0 aliphatic carbocycles. The smallest absolute Gasteiger partial charge is 0.234 e. The lowest BCUT2D eigenvalue weighted by Crippen LogP contribution is -2.49. The number of amides is 1. The molecule has 0 saturated carbocycles. The number of rotatable bonds is 5. The summed E-state index contributed by atoms with van der Waals surface area (Å²) in [6.07, 6.45) is 1.81. The molecule has 1 aliphatic rings. The van der Waals surface area contributed by atoms with Gasteiger partial charge in [-0.1, -0.05) is 18.2 Å². The van der Waals surface area contributed by atoms with Crippen LogP contribution in [0.5, 0.6) is 0 Å². The highest BCUT2D eigenvalue weighted by atomic mass is 32.1. The Bertz CT molecular complexity index is 641. The predicted octanol–water partition coefficient (Wildman–Crippen LogP) is 1.72. The summed E-state index contributed by atoms with van der Waals surface area (Å²) in [5.41, 5.74) is 0.509. The van der Waals surface area contributed by atoms with Crippen molar-refractivity contribution in [2.24, 2.45) is 0 Å². The summed E-state index contributed by atoms with van der Waals surface area (Å²) in [6, 6.07) is 6.49. The number of hydrogen-bond acceptors (Lipinski definition) is 5. The van der Waals surface area contributed by atoms with E-state index < -0.39 is 0 Å². The molecule has 1 N–H and O–H groups in total. The third-order valence-corrected chi connectivity index (χ3v) is 4.70. The van der Waals surface area contributed by atoms with E-state index in [1.165, 1.54) is 6.07 Å². The van der Waals surface area contributed by atoms with Crippen LogP contribution in [0.25, 0.3) is 0 Å². The van der Waals surface area contributed by atoms with Gasteiger partial charge in [-0.2, -0.15) is 0 Å². The molecule has 1 aromatic carbocycles. The van der Waals surface area contributed by atoms with E-state index in [0.717, 1.165) is 31.3 Å². The number of halogens is 1. The first-order valence-corrected chi connectivity index (χ1v) is 8.47. The van der Waals surface area contributed by atoms with E-state index in [0.29, 0.717) is 12.1 Å². The summed E-state index contributed by atoms with van der Waals surface area (Å²) in [4.78, 5) is 20.7. The summed E-state index contributed by atoms with van der Waals surface area (Å²) >= 11 is 1.63. The summed E-state index contributed by atoms with van der Waals surface area (Å²) < 4.78 is 13.5. The topological polar surface area (TPSA) is 48.5 Å². The van der Waals surface area contributed by atoms with Crippen molar-refractivity contribution < 1.29 is 9.18 Å². The van der Waals surface area contributed by atoms with Gasteiger partial charge in [0.05, 0.1) is 6.54 Å². The Morgan fingerprint density at radius 3 is 2.74 bits per heavy atom. The van der Waals surface area contributed by atoms with Crippen molar-refractivity contribution in [3.8, 4) is 0 Å². The van der Waals surface area contributed by atoms with Crippen molar-refractivity contribution in [2.75, 3.05) is 37.6 Å². The second-order valence-electron chi connectivity index (χ2n) is 5.45. The van der Waals surface area contributed by atoms with Gasteiger partial charge >= 0.3 is 0 Å². The van der Waals surface area contributed by atoms with Crippen LogP contribution in [-0.4, -0.2) is 48.5 Å². The predicted molar refractivity (Wildman–Crippen MR) is 89.0 cm³/mol. The number of anilines is 1. The molecule has 0 radical (unpaired) electrons. The van der Waals surface area contributed by atoms with Crippen molar-refractivity contribution in [3.63, 3.8) is 0 Å². The van der Waals surface area contributed by atoms with Gasteiger partial charge in [-0.3, -0.25) is 9.69 Å². The van der Waals surface area contributed by atoms with Gasteiger partial charge < -0.3 is 10.2 Å². The fraction of sp³-hybridized carbons (Fsp3) is 0.375. The fourth-order valence-electron chi connectivity index (χ4n) is 2.56. The van der Waals surface area contributed by atoms with Crippen LogP contribution in [0, 0.1) is 5.82 Å². The Balaban J connectivity index is 1.42. The van der Waals surface area contributed by atoms with Crippen molar-refractivity contribution >= 4 is 22.4 Å². The van der Waals surface area contributed by atoms with Crippen LogP contribution in [0.3, 0.4) is 0 Å². The standard InChI is InChI=1S/C16H19FN4OS/c17-14-4-2-1-3-13(14)11-19-15(22)12-20-6-8-21(9-7-20)16-18-5-10-23-16/h1-5,10H,6-9,11-12H2,(H,19,22). The Labute approximate surface area is 138 Å². The van der Waals surface area contributed by atoms with Crippen LogP contribution in [0.2, 0.25) is 0 Å². The minimum atomic E-state index is -0.287. The van der Waals surface area contributed by atoms with E-state index in [2.05, 4.69) is 20.1 Å². The zero-order valence-electron chi connectivity index (χ0n) is 12.7. The molecule has 1 aliphatic heterocycles. The summed E-state index contributed by atoms with van der Waals surface area (Å²) in [6.45, 7) is 3.96. The molecule has 3 rings (SSSR count). The monoisotopic (exact) mass is 334 g/mol. The van der Waals surface area contributed by atoms with Gasteiger partial charge in [0.2, 0.25) is 5.91 Å². The molecule has 1 fully saturated rings. The maximum absolute atomic E-state index is 13.5. The van der Waals surface area contributed by atoms with Gasteiger partial charge in [0.1, 0.15) is 5.82 Å². The Hall–Kier alpha value is -1.99. The van der Waals surface area contributed by atoms with E-state index >= 15 is 0 Å². The van der Waals surface area contributed by atoms with Crippen LogP contribution < -0.4 is 10.2 Å². The first-order valence-electron chi connectivity index (χ1n) is 7.59. The highest BCUT2D eigenvalue weighted by molar-refractivity contribution is 7.13. The van der Waals surface area contributed by atoms with Crippen LogP contribution in [0.15, 0.2) is 35.8 Å². The molecule has 0 atom stereocenters. The van der Waals surface area contributed by atoms with Crippen LogP contribution >= 0.6 is 11.3 Å². The lowest BCUT2D eigenvalue weighted by Gasteiger charge is -2.34. The zero-order chi connectivity index (χ0) is 16.1. The van der Waals surface area contributed by atoms with Crippen molar-refractivity contribution in [1.29, 1.82) is 0 Å². The normalized spacial score (nSPS) is 15.6. The summed E-state index contributed by atoms with van der Waals surface area (Å²) in [5.74, 6) is -0.360. The Kier molecular flexibility index (Phi) is 5.19. The van der Waals surface area contributed by atoms with Crippen LogP contribution in [0.1, 0.15) is 5.56 Å². The van der Waals surface area contributed by atoms with Gasteiger partial charge in [-0.05, 0) is 6.07 Å². The number of carbonyl (C=O) groups excluding carboxylic acids is 1. The molecule has 1 aromatic heterocycles. The van der Waals surface area contributed by atoms with E-state index in [4.69, 9.17) is 0 Å². The van der Waals surface area contributed by atoms with Gasteiger partial charge in [-0.25, -0.2) is 9.37 Å². The average Bonchev–Trinajstić information content (AvgIpc) is 3.09. The third-order valence-electron chi connectivity index (χ3n) is 3.86. The molecular formula is C16H19FN4OS. The zero-order valence-corrected chi connectivity index (χ0v) is 13.6. The minimum absolute atomic E-state index is 0.0732. The van der Waals surface area contributed by atoms with E-state index in [1.54, 1.807) is 29.5 Å². The van der Waals surface area contributed by atoms with Crippen molar-refractivity contribution in [2.45, 2.75) is 6.54 Å². The fourth-order valence-corrected chi connectivity index (χ4v) is 3.26. The maximum Gasteiger partial charge on any atom is 0.234 e. The molecule has 0 bridgehead atoms. The van der Waals surface area contributed by atoms with Crippen LogP contribution in [-0.2, 0) is 11.3 Å². The summed E-state index contributed by atoms with van der Waals surface area (Å²) in [5, 5.41) is 5.79. The van der Waals surface area contributed by atoms with Gasteiger partial charge in [0.15, 0.2) is 5.13 Å². The maximum atomic E-state index is 13.5. The Morgan fingerprint density at radius 2 is 2.04 bits per heavy atom. The van der Waals surface area contributed by atoms with Gasteiger partial charge in [-0.15, -0.1) is 11.3 Å². The second-order valence-corrected chi connectivity index (χ2v) is 6.32. The molecule has 122 valence electrons. The van der Waals surface area contributed by atoms with Crippen molar-refractivity contribution in [3.05, 3.63) is 47.2 Å². The number of thiazole rings is 1. The number of carbonyl (C=O) groups is 1. The third kappa shape index (κ3) is 4.27. The average molecular weight is 334 g/mol. The molecule has 23 heavy (non-hydrogen) atoms. The first kappa shape index (κ1) is 15.9. The number of hydrogen-bond donors (Lipinski definition) is 1. The SMILES string of the molecule is O=C(CN1CCN(c2nccs2)CC1)NCc1ccccc1F. The largest absolute Gasteiger partial charge is 0.351 e. The number of benzene rings is 1. The molecule has 2 aromatic rings. The molecule has 0 unspecified atom stereocenters. The number of aromatic nitrogens is 1. The van der Waals surface area contributed by atoms with E-state index in [1.807, 2.05) is 11.6 Å². The van der Waals surface area contributed by atoms with Gasteiger partial charge in [0, 0.05) is 49.9 Å². The molecule has 5 nitrogen and oxygen atoms in total. The number of nitrogens with zero attached hydrogens (tertiary/aromatic N) is 3. The highest BCUT2D eigenvalue weighted by Gasteiger charge is 2.20. The number of nitrogens with one attached hydrogen (secondary N) is 1. The second kappa shape index (κ2) is 7.52. The molecular weight excluding hydrogens is 315 g/mol. The molecule has 1 saturated heterocycles.